The first-order valence-electron chi connectivity index (χ1n) is 10.6. The standard InChI is InChI=1S/C24H32ClN3O3/c1-27(11-7-17-5-6-21(26)20(25)13-17)9-4-10-28-12-8-18-14-22(30-2)23(31-3)15-19(18)16-24(28)29/h5-6,13-15H,4,7-12,16,26H2,1-3H3. The molecular weight excluding hydrogens is 414 g/mol. The van der Waals surface area contributed by atoms with Crippen LogP contribution >= 0.6 is 11.6 Å². The fourth-order valence-electron chi connectivity index (χ4n) is 3.94. The van der Waals surface area contributed by atoms with E-state index >= 15 is 0 Å². The van der Waals surface area contributed by atoms with Crippen molar-refractivity contribution in [2.24, 2.45) is 0 Å². The van der Waals surface area contributed by atoms with Crippen molar-refractivity contribution in [1.29, 1.82) is 0 Å². The lowest BCUT2D eigenvalue weighted by atomic mass is 10.0. The Morgan fingerprint density at radius 2 is 1.81 bits per heavy atom. The molecule has 31 heavy (non-hydrogen) atoms. The van der Waals surface area contributed by atoms with Gasteiger partial charge in [0.05, 0.1) is 31.4 Å². The fraction of sp³-hybridized carbons (Fsp3) is 0.458. The number of methoxy groups -OCH3 is 2. The molecule has 3 rings (SSSR count). The summed E-state index contributed by atoms with van der Waals surface area (Å²) in [6.45, 7) is 3.36. The number of benzene rings is 2. The van der Waals surface area contributed by atoms with Crippen LogP contribution in [0.5, 0.6) is 11.5 Å². The Balaban J connectivity index is 1.48. The molecule has 0 saturated carbocycles. The number of nitrogens with zero attached hydrogens (tertiary/aromatic N) is 2. The Kier molecular flexibility index (Phi) is 8.04. The van der Waals surface area contributed by atoms with Gasteiger partial charge in [-0.25, -0.2) is 0 Å². The van der Waals surface area contributed by atoms with Crippen LogP contribution in [0, 0.1) is 0 Å². The number of nitrogens with two attached hydrogens (primary N) is 1. The largest absolute Gasteiger partial charge is 0.493 e. The second-order valence-electron chi connectivity index (χ2n) is 8.05. The molecule has 6 nitrogen and oxygen atoms in total. The van der Waals surface area contributed by atoms with Gasteiger partial charge in [-0.1, -0.05) is 17.7 Å². The fourth-order valence-corrected chi connectivity index (χ4v) is 4.14. The van der Waals surface area contributed by atoms with Crippen molar-refractivity contribution in [1.82, 2.24) is 9.80 Å². The van der Waals surface area contributed by atoms with E-state index < -0.39 is 0 Å². The molecule has 168 valence electrons. The van der Waals surface area contributed by atoms with Crippen molar-refractivity contribution >= 4 is 23.2 Å². The summed E-state index contributed by atoms with van der Waals surface area (Å²) >= 11 is 6.10. The molecule has 2 aromatic rings. The predicted octanol–water partition coefficient (Wildman–Crippen LogP) is 3.43. The number of nitrogen functional groups attached to an aromatic ring is 1. The molecule has 0 saturated heterocycles. The topological polar surface area (TPSA) is 68.0 Å². The summed E-state index contributed by atoms with van der Waals surface area (Å²) in [6.07, 6.45) is 3.09. The molecule has 7 heteroatoms. The van der Waals surface area contributed by atoms with Crippen LogP contribution in [0.25, 0.3) is 0 Å². The summed E-state index contributed by atoms with van der Waals surface area (Å²) in [4.78, 5) is 17.1. The van der Waals surface area contributed by atoms with E-state index in [1.54, 1.807) is 14.2 Å². The van der Waals surface area contributed by atoms with Crippen LogP contribution in [0.1, 0.15) is 23.1 Å². The Morgan fingerprint density at radius 1 is 1.10 bits per heavy atom. The van der Waals surface area contributed by atoms with Gasteiger partial charge in [0.15, 0.2) is 11.5 Å². The number of halogens is 1. The van der Waals surface area contributed by atoms with Crippen molar-refractivity contribution in [2.75, 3.05) is 53.2 Å². The molecule has 2 aromatic carbocycles. The molecule has 1 aliphatic heterocycles. The monoisotopic (exact) mass is 445 g/mol. The van der Waals surface area contributed by atoms with E-state index in [9.17, 15) is 4.79 Å². The summed E-state index contributed by atoms with van der Waals surface area (Å²) in [7, 11) is 5.36. The molecule has 1 aliphatic rings. The van der Waals surface area contributed by atoms with Gasteiger partial charge in [0, 0.05) is 19.6 Å². The van der Waals surface area contributed by atoms with Gasteiger partial charge in [-0.2, -0.15) is 0 Å². The van der Waals surface area contributed by atoms with Crippen LogP contribution in [0.15, 0.2) is 30.3 Å². The van der Waals surface area contributed by atoms with E-state index in [1.165, 1.54) is 5.56 Å². The molecule has 1 heterocycles. The van der Waals surface area contributed by atoms with Crippen LogP contribution in [-0.2, 0) is 24.1 Å². The van der Waals surface area contributed by atoms with Crippen LogP contribution in [0.3, 0.4) is 0 Å². The molecule has 0 radical (unpaired) electrons. The number of ether oxygens (including phenoxy) is 2. The molecule has 0 aromatic heterocycles. The Bertz CT molecular complexity index is 919. The highest BCUT2D eigenvalue weighted by Gasteiger charge is 2.22. The maximum Gasteiger partial charge on any atom is 0.227 e. The zero-order valence-corrected chi connectivity index (χ0v) is 19.4. The molecule has 0 spiro atoms. The highest BCUT2D eigenvalue weighted by molar-refractivity contribution is 6.33. The van der Waals surface area contributed by atoms with Crippen molar-refractivity contribution in [3.05, 3.63) is 52.0 Å². The minimum absolute atomic E-state index is 0.171. The van der Waals surface area contributed by atoms with Crippen molar-refractivity contribution in [2.45, 2.75) is 25.7 Å². The number of amides is 1. The Hall–Kier alpha value is -2.44. The maximum atomic E-state index is 12.8. The molecular formula is C24H32ClN3O3. The van der Waals surface area contributed by atoms with Crippen molar-refractivity contribution < 1.29 is 14.3 Å². The molecule has 0 unspecified atom stereocenters. The summed E-state index contributed by atoms with van der Waals surface area (Å²) in [5, 5.41) is 0.607. The minimum Gasteiger partial charge on any atom is -0.493 e. The smallest absolute Gasteiger partial charge is 0.227 e. The van der Waals surface area contributed by atoms with Crippen LogP contribution < -0.4 is 15.2 Å². The summed E-state index contributed by atoms with van der Waals surface area (Å²) < 4.78 is 10.8. The van der Waals surface area contributed by atoms with Gasteiger partial charge < -0.3 is 25.0 Å². The average molecular weight is 446 g/mol. The lowest BCUT2D eigenvalue weighted by Crippen LogP contribution is -2.35. The third kappa shape index (κ3) is 6.05. The zero-order chi connectivity index (χ0) is 22.4. The normalized spacial score (nSPS) is 13.8. The number of anilines is 1. The first-order valence-corrected chi connectivity index (χ1v) is 11.0. The number of fused-ring (bicyclic) bond motifs is 1. The van der Waals surface area contributed by atoms with Gasteiger partial charge in [0.1, 0.15) is 0 Å². The molecule has 0 atom stereocenters. The SMILES string of the molecule is COc1cc2c(cc1OC)CC(=O)N(CCCN(C)CCc1ccc(N)c(Cl)c1)CC2. The summed E-state index contributed by atoms with van der Waals surface area (Å²) in [6, 6.07) is 9.75. The summed E-state index contributed by atoms with van der Waals surface area (Å²) in [5.74, 6) is 1.56. The van der Waals surface area contributed by atoms with Crippen LogP contribution in [0.2, 0.25) is 5.02 Å². The van der Waals surface area contributed by atoms with Gasteiger partial charge in [-0.3, -0.25) is 4.79 Å². The molecule has 0 bridgehead atoms. The zero-order valence-electron chi connectivity index (χ0n) is 18.6. The number of rotatable bonds is 9. The third-order valence-corrected chi connectivity index (χ3v) is 6.19. The van der Waals surface area contributed by atoms with Crippen molar-refractivity contribution in [3.8, 4) is 11.5 Å². The molecule has 0 fully saturated rings. The number of hydrogen-bond donors (Lipinski definition) is 1. The number of hydrogen-bond acceptors (Lipinski definition) is 5. The van der Waals surface area contributed by atoms with E-state index in [2.05, 4.69) is 11.9 Å². The lowest BCUT2D eigenvalue weighted by Gasteiger charge is -2.23. The second kappa shape index (κ2) is 10.7. The first-order chi connectivity index (χ1) is 14.9. The lowest BCUT2D eigenvalue weighted by molar-refractivity contribution is -0.130. The molecule has 2 N–H and O–H groups in total. The number of likely N-dealkylation sites (N-methyl/N-ethyl adjacent to an activating group) is 1. The van der Waals surface area contributed by atoms with Crippen molar-refractivity contribution in [3.63, 3.8) is 0 Å². The quantitative estimate of drug-likeness (QED) is 0.599. The van der Waals surface area contributed by atoms with Gasteiger partial charge in [-0.15, -0.1) is 0 Å². The first kappa shape index (κ1) is 23.2. The summed E-state index contributed by atoms with van der Waals surface area (Å²) in [5.41, 5.74) is 9.75. The second-order valence-corrected chi connectivity index (χ2v) is 8.45. The number of carbonyl (C=O) groups is 1. The predicted molar refractivity (Wildman–Crippen MR) is 125 cm³/mol. The Labute approximate surface area is 189 Å². The third-order valence-electron chi connectivity index (χ3n) is 5.87. The molecule has 0 aliphatic carbocycles. The van der Waals surface area contributed by atoms with Gasteiger partial charge >= 0.3 is 0 Å². The number of carbonyl (C=O) groups excluding carboxylic acids is 1. The van der Waals surface area contributed by atoms with E-state index in [1.807, 2.05) is 35.2 Å². The van der Waals surface area contributed by atoms with E-state index in [0.29, 0.717) is 28.6 Å². The highest BCUT2D eigenvalue weighted by Crippen LogP contribution is 2.32. The average Bonchev–Trinajstić information content (AvgIpc) is 2.91. The van der Waals surface area contributed by atoms with Gasteiger partial charge in [0.2, 0.25) is 5.91 Å². The minimum atomic E-state index is 0.171. The van der Waals surface area contributed by atoms with E-state index in [4.69, 9.17) is 26.8 Å². The van der Waals surface area contributed by atoms with Crippen LogP contribution in [-0.4, -0.2) is 63.2 Å². The highest BCUT2D eigenvalue weighted by atomic mass is 35.5. The maximum absolute atomic E-state index is 12.8. The molecule has 1 amide bonds. The van der Waals surface area contributed by atoms with E-state index in [0.717, 1.165) is 56.6 Å². The van der Waals surface area contributed by atoms with Crippen LogP contribution in [0.4, 0.5) is 5.69 Å². The van der Waals surface area contributed by atoms with Gasteiger partial charge in [0.25, 0.3) is 0 Å². The Morgan fingerprint density at radius 3 is 2.48 bits per heavy atom. The van der Waals surface area contributed by atoms with Gasteiger partial charge in [-0.05, 0) is 73.8 Å². The van der Waals surface area contributed by atoms with E-state index in [-0.39, 0.29) is 5.91 Å².